The fraction of sp³-hybridized carbons (Fsp3) is 0.625. The van der Waals surface area contributed by atoms with Crippen LogP contribution >= 0.6 is 0 Å². The van der Waals surface area contributed by atoms with Gasteiger partial charge >= 0.3 is 0 Å². The van der Waals surface area contributed by atoms with Gasteiger partial charge in [0, 0.05) is 25.3 Å². The number of methoxy groups -OCH3 is 2. The Hall–Kier alpha value is -1.10. The molecule has 0 aliphatic carbocycles. The van der Waals surface area contributed by atoms with Gasteiger partial charge in [0.1, 0.15) is 5.75 Å². The van der Waals surface area contributed by atoms with Crippen LogP contribution in [-0.4, -0.2) is 43.4 Å². The summed E-state index contributed by atoms with van der Waals surface area (Å²) in [6, 6.07) is 6.18. The highest BCUT2D eigenvalue weighted by Gasteiger charge is 2.15. The van der Waals surface area contributed by atoms with Crippen LogP contribution in [0.2, 0.25) is 0 Å². The summed E-state index contributed by atoms with van der Waals surface area (Å²) in [5, 5.41) is 9.72. The molecule has 4 nitrogen and oxygen atoms in total. The van der Waals surface area contributed by atoms with Crippen molar-refractivity contribution in [1.29, 1.82) is 0 Å². The molecule has 2 atom stereocenters. The van der Waals surface area contributed by atoms with E-state index < -0.39 is 6.10 Å². The fourth-order valence-electron chi connectivity index (χ4n) is 2.33. The van der Waals surface area contributed by atoms with E-state index in [-0.39, 0.29) is 0 Å². The predicted octanol–water partition coefficient (Wildman–Crippen LogP) is 2.61. The summed E-state index contributed by atoms with van der Waals surface area (Å²) in [6.07, 6.45) is -0.467. The molecule has 0 aliphatic heterocycles. The topological polar surface area (TPSA) is 41.9 Å². The highest BCUT2D eigenvalue weighted by molar-refractivity contribution is 5.38. The van der Waals surface area contributed by atoms with Crippen LogP contribution in [0.4, 0.5) is 0 Å². The summed E-state index contributed by atoms with van der Waals surface area (Å²) in [6.45, 7) is 8.48. The minimum atomic E-state index is -0.467. The van der Waals surface area contributed by atoms with Crippen molar-refractivity contribution in [2.45, 2.75) is 39.5 Å². The van der Waals surface area contributed by atoms with E-state index in [4.69, 9.17) is 9.47 Å². The van der Waals surface area contributed by atoms with Gasteiger partial charge in [-0.15, -0.1) is 0 Å². The molecule has 0 fully saturated rings. The van der Waals surface area contributed by atoms with E-state index in [1.165, 1.54) is 0 Å². The van der Waals surface area contributed by atoms with Crippen molar-refractivity contribution in [2.24, 2.45) is 0 Å². The Labute approximate surface area is 122 Å². The number of benzene rings is 1. The van der Waals surface area contributed by atoms with Crippen LogP contribution in [0.5, 0.6) is 5.75 Å². The third-order valence-electron chi connectivity index (χ3n) is 3.60. The second kappa shape index (κ2) is 8.25. The van der Waals surface area contributed by atoms with E-state index in [1.54, 1.807) is 21.1 Å². The molecule has 1 rings (SSSR count). The lowest BCUT2D eigenvalue weighted by atomic mass is 10.0. The Morgan fingerprint density at radius 2 is 1.95 bits per heavy atom. The third-order valence-corrected chi connectivity index (χ3v) is 3.60. The van der Waals surface area contributed by atoms with E-state index in [1.807, 2.05) is 18.2 Å². The lowest BCUT2D eigenvalue weighted by Gasteiger charge is -2.28. The molecule has 1 N–H and O–H groups in total. The number of ether oxygens (including phenoxy) is 2. The number of rotatable bonds is 8. The first-order chi connectivity index (χ1) is 9.53. The van der Waals surface area contributed by atoms with Gasteiger partial charge in [0.2, 0.25) is 0 Å². The standard InChI is InChI=1S/C16H27NO3/c1-6-17(12(2)11-19-4)10-15-9-14(13(3)18)7-8-16(15)20-5/h7-9,12-13,18H,6,10-11H2,1-5H3. The van der Waals surface area contributed by atoms with Crippen LogP contribution in [0.15, 0.2) is 18.2 Å². The summed E-state index contributed by atoms with van der Waals surface area (Å²) >= 11 is 0. The summed E-state index contributed by atoms with van der Waals surface area (Å²) in [4.78, 5) is 2.33. The second-order valence-electron chi connectivity index (χ2n) is 5.11. The molecule has 0 aliphatic rings. The molecule has 0 amide bonds. The molecule has 0 saturated heterocycles. The van der Waals surface area contributed by atoms with Gasteiger partial charge in [-0.1, -0.05) is 13.0 Å². The smallest absolute Gasteiger partial charge is 0.123 e. The SMILES string of the molecule is CCN(Cc1cc(C(C)O)ccc1OC)C(C)COC. The molecule has 0 radical (unpaired) electrons. The van der Waals surface area contributed by atoms with Crippen LogP contribution in [-0.2, 0) is 11.3 Å². The molecule has 20 heavy (non-hydrogen) atoms. The van der Waals surface area contributed by atoms with Crippen molar-refractivity contribution in [3.05, 3.63) is 29.3 Å². The zero-order chi connectivity index (χ0) is 15.1. The minimum Gasteiger partial charge on any atom is -0.496 e. The number of hydrogen-bond acceptors (Lipinski definition) is 4. The zero-order valence-corrected chi connectivity index (χ0v) is 13.2. The van der Waals surface area contributed by atoms with Gasteiger partial charge in [-0.05, 0) is 38.1 Å². The van der Waals surface area contributed by atoms with Gasteiger partial charge in [-0.3, -0.25) is 4.90 Å². The molecular weight excluding hydrogens is 254 g/mol. The number of likely N-dealkylation sites (N-methyl/N-ethyl adjacent to an activating group) is 1. The summed E-state index contributed by atoms with van der Waals surface area (Å²) in [5.41, 5.74) is 2.01. The molecular formula is C16H27NO3. The maximum absolute atomic E-state index is 9.72. The Bertz CT molecular complexity index is 407. The molecule has 0 aromatic heterocycles. The van der Waals surface area contributed by atoms with E-state index in [9.17, 15) is 5.11 Å². The van der Waals surface area contributed by atoms with Gasteiger partial charge in [-0.2, -0.15) is 0 Å². The predicted molar refractivity (Wildman–Crippen MR) is 81.0 cm³/mol. The molecule has 114 valence electrons. The van der Waals surface area contributed by atoms with Crippen LogP contribution in [0.25, 0.3) is 0 Å². The van der Waals surface area contributed by atoms with Crippen molar-refractivity contribution in [3.63, 3.8) is 0 Å². The lowest BCUT2D eigenvalue weighted by molar-refractivity contribution is 0.0975. The Morgan fingerprint density at radius 3 is 2.45 bits per heavy atom. The first kappa shape index (κ1) is 17.0. The Balaban J connectivity index is 2.95. The average Bonchev–Trinajstić information content (AvgIpc) is 2.44. The first-order valence-corrected chi connectivity index (χ1v) is 7.11. The van der Waals surface area contributed by atoms with Crippen LogP contribution in [0, 0.1) is 0 Å². The van der Waals surface area contributed by atoms with Crippen LogP contribution in [0.3, 0.4) is 0 Å². The fourth-order valence-corrected chi connectivity index (χ4v) is 2.33. The Morgan fingerprint density at radius 1 is 1.25 bits per heavy atom. The van der Waals surface area contributed by atoms with E-state index in [2.05, 4.69) is 18.7 Å². The monoisotopic (exact) mass is 281 g/mol. The van der Waals surface area contributed by atoms with Gasteiger partial charge in [-0.25, -0.2) is 0 Å². The van der Waals surface area contributed by atoms with Crippen molar-refractivity contribution in [1.82, 2.24) is 4.90 Å². The average molecular weight is 281 g/mol. The second-order valence-corrected chi connectivity index (χ2v) is 5.11. The normalized spacial score (nSPS) is 14.3. The lowest BCUT2D eigenvalue weighted by Crippen LogP contribution is -2.35. The number of hydrogen-bond donors (Lipinski definition) is 1. The first-order valence-electron chi connectivity index (χ1n) is 7.11. The minimum absolute atomic E-state index is 0.338. The highest BCUT2D eigenvalue weighted by atomic mass is 16.5. The van der Waals surface area contributed by atoms with E-state index >= 15 is 0 Å². The molecule has 0 bridgehead atoms. The van der Waals surface area contributed by atoms with Crippen LogP contribution in [0.1, 0.15) is 38.0 Å². The maximum atomic E-state index is 9.72. The number of aliphatic hydroxyl groups is 1. The Kier molecular flexibility index (Phi) is 6.99. The van der Waals surface area contributed by atoms with E-state index in [0.29, 0.717) is 12.6 Å². The molecule has 2 unspecified atom stereocenters. The largest absolute Gasteiger partial charge is 0.496 e. The van der Waals surface area contributed by atoms with Crippen LogP contribution < -0.4 is 4.74 Å². The van der Waals surface area contributed by atoms with Crippen molar-refractivity contribution in [2.75, 3.05) is 27.4 Å². The van der Waals surface area contributed by atoms with Crippen molar-refractivity contribution in [3.8, 4) is 5.75 Å². The van der Waals surface area contributed by atoms with Gasteiger partial charge < -0.3 is 14.6 Å². The summed E-state index contributed by atoms with van der Waals surface area (Å²) in [7, 11) is 3.40. The van der Waals surface area contributed by atoms with Crippen molar-refractivity contribution < 1.29 is 14.6 Å². The van der Waals surface area contributed by atoms with Gasteiger partial charge in [0.15, 0.2) is 0 Å². The number of nitrogens with zero attached hydrogens (tertiary/aromatic N) is 1. The molecule has 0 heterocycles. The quantitative estimate of drug-likeness (QED) is 0.795. The maximum Gasteiger partial charge on any atom is 0.123 e. The number of aliphatic hydroxyl groups excluding tert-OH is 1. The molecule has 0 saturated carbocycles. The van der Waals surface area contributed by atoms with Gasteiger partial charge in [0.25, 0.3) is 0 Å². The van der Waals surface area contributed by atoms with Crippen molar-refractivity contribution >= 4 is 0 Å². The molecule has 0 spiro atoms. The molecule has 1 aromatic rings. The highest BCUT2D eigenvalue weighted by Crippen LogP contribution is 2.25. The summed E-state index contributed by atoms with van der Waals surface area (Å²) in [5.74, 6) is 0.859. The third kappa shape index (κ3) is 4.47. The zero-order valence-electron chi connectivity index (χ0n) is 13.2. The molecule has 4 heteroatoms. The van der Waals surface area contributed by atoms with Gasteiger partial charge in [0.05, 0.1) is 19.8 Å². The molecule has 1 aromatic carbocycles. The summed E-state index contributed by atoms with van der Waals surface area (Å²) < 4.78 is 10.7. The van der Waals surface area contributed by atoms with E-state index in [0.717, 1.165) is 30.0 Å².